The van der Waals surface area contributed by atoms with Crippen molar-refractivity contribution in [2.24, 2.45) is 0 Å². The summed E-state index contributed by atoms with van der Waals surface area (Å²) in [6, 6.07) is 7.30. The molecule has 1 unspecified atom stereocenters. The van der Waals surface area contributed by atoms with E-state index in [-0.39, 0.29) is 5.82 Å². The van der Waals surface area contributed by atoms with Gasteiger partial charge in [0.15, 0.2) is 0 Å². The van der Waals surface area contributed by atoms with Gasteiger partial charge in [-0.3, -0.25) is 4.90 Å². The fourth-order valence-electron chi connectivity index (χ4n) is 2.05. The molecule has 0 amide bonds. The van der Waals surface area contributed by atoms with Gasteiger partial charge in [-0.25, -0.2) is 4.39 Å². The molecule has 96 valence electrons. The van der Waals surface area contributed by atoms with E-state index in [9.17, 15) is 4.39 Å². The van der Waals surface area contributed by atoms with Gasteiger partial charge >= 0.3 is 0 Å². The van der Waals surface area contributed by atoms with Gasteiger partial charge in [0.2, 0.25) is 0 Å². The van der Waals surface area contributed by atoms with Crippen LogP contribution in [0.1, 0.15) is 25.3 Å². The van der Waals surface area contributed by atoms with Crippen LogP contribution in [0, 0.1) is 5.82 Å². The standard InChI is InChI=1S/C14H23FN2/c1-4-5-14(10-16-2)17(3)11-12-6-8-13(15)9-7-12/h6-9,14,16H,4-5,10-11H2,1-3H3. The third-order valence-corrected chi connectivity index (χ3v) is 3.03. The summed E-state index contributed by atoms with van der Waals surface area (Å²) in [6.07, 6.45) is 2.36. The highest BCUT2D eigenvalue weighted by Crippen LogP contribution is 2.10. The van der Waals surface area contributed by atoms with E-state index < -0.39 is 0 Å². The predicted octanol–water partition coefficient (Wildman–Crippen LogP) is 2.65. The van der Waals surface area contributed by atoms with Crippen LogP contribution in [0.3, 0.4) is 0 Å². The van der Waals surface area contributed by atoms with Crippen molar-refractivity contribution < 1.29 is 4.39 Å². The number of benzene rings is 1. The number of likely N-dealkylation sites (N-methyl/N-ethyl adjacent to an activating group) is 2. The highest BCUT2D eigenvalue weighted by molar-refractivity contribution is 5.15. The monoisotopic (exact) mass is 238 g/mol. The first-order chi connectivity index (χ1) is 8.17. The van der Waals surface area contributed by atoms with Crippen molar-refractivity contribution in [3.8, 4) is 0 Å². The fraction of sp³-hybridized carbons (Fsp3) is 0.571. The van der Waals surface area contributed by atoms with Crippen molar-refractivity contribution in [1.29, 1.82) is 0 Å². The van der Waals surface area contributed by atoms with Crippen LogP contribution in [0.2, 0.25) is 0 Å². The Bertz CT molecular complexity index is 305. The maximum Gasteiger partial charge on any atom is 0.123 e. The second-order valence-corrected chi connectivity index (χ2v) is 4.54. The Hall–Kier alpha value is -0.930. The van der Waals surface area contributed by atoms with Crippen LogP contribution in [0.5, 0.6) is 0 Å². The smallest absolute Gasteiger partial charge is 0.123 e. The van der Waals surface area contributed by atoms with E-state index in [0.29, 0.717) is 6.04 Å². The van der Waals surface area contributed by atoms with Crippen LogP contribution in [0.15, 0.2) is 24.3 Å². The van der Waals surface area contributed by atoms with Crippen molar-refractivity contribution in [3.63, 3.8) is 0 Å². The molecule has 1 rings (SSSR count). The van der Waals surface area contributed by atoms with Gasteiger partial charge in [0, 0.05) is 19.1 Å². The molecule has 1 atom stereocenters. The summed E-state index contributed by atoms with van der Waals surface area (Å²) < 4.78 is 12.8. The quantitative estimate of drug-likeness (QED) is 0.785. The molecular weight excluding hydrogens is 215 g/mol. The van der Waals surface area contributed by atoms with E-state index in [0.717, 1.165) is 18.7 Å². The molecule has 1 aromatic carbocycles. The van der Waals surface area contributed by atoms with Crippen LogP contribution in [-0.4, -0.2) is 31.6 Å². The van der Waals surface area contributed by atoms with Crippen molar-refractivity contribution in [1.82, 2.24) is 10.2 Å². The highest BCUT2D eigenvalue weighted by atomic mass is 19.1. The van der Waals surface area contributed by atoms with E-state index in [2.05, 4.69) is 24.2 Å². The number of hydrogen-bond acceptors (Lipinski definition) is 2. The Balaban J connectivity index is 2.55. The molecule has 0 aromatic heterocycles. The SMILES string of the molecule is CCCC(CNC)N(C)Cc1ccc(F)cc1. The van der Waals surface area contributed by atoms with Gasteiger partial charge in [0.1, 0.15) is 5.82 Å². The lowest BCUT2D eigenvalue weighted by molar-refractivity contribution is 0.217. The van der Waals surface area contributed by atoms with E-state index in [4.69, 9.17) is 0 Å². The van der Waals surface area contributed by atoms with Crippen molar-refractivity contribution in [2.45, 2.75) is 32.4 Å². The molecule has 1 aromatic rings. The molecule has 0 fully saturated rings. The van der Waals surface area contributed by atoms with E-state index in [1.54, 1.807) is 0 Å². The number of halogens is 1. The minimum atomic E-state index is -0.170. The molecule has 0 aliphatic carbocycles. The molecule has 0 saturated carbocycles. The van der Waals surface area contributed by atoms with E-state index in [1.807, 2.05) is 19.2 Å². The van der Waals surface area contributed by atoms with Gasteiger partial charge in [-0.05, 0) is 38.2 Å². The molecule has 3 heteroatoms. The van der Waals surface area contributed by atoms with E-state index >= 15 is 0 Å². The first kappa shape index (κ1) is 14.1. The number of nitrogens with zero attached hydrogens (tertiary/aromatic N) is 1. The predicted molar refractivity (Wildman–Crippen MR) is 70.5 cm³/mol. The Morgan fingerprint density at radius 1 is 1.29 bits per heavy atom. The normalized spacial score (nSPS) is 13.0. The van der Waals surface area contributed by atoms with Crippen LogP contribution < -0.4 is 5.32 Å². The number of hydrogen-bond donors (Lipinski definition) is 1. The highest BCUT2D eigenvalue weighted by Gasteiger charge is 2.12. The average Bonchev–Trinajstić information content (AvgIpc) is 2.32. The lowest BCUT2D eigenvalue weighted by atomic mass is 10.1. The lowest BCUT2D eigenvalue weighted by Crippen LogP contribution is -2.38. The summed E-state index contributed by atoms with van der Waals surface area (Å²) in [5.74, 6) is -0.170. The fourth-order valence-corrected chi connectivity index (χ4v) is 2.05. The Kier molecular flexibility index (Phi) is 6.16. The maximum absolute atomic E-state index is 12.8. The van der Waals surface area contributed by atoms with Crippen molar-refractivity contribution >= 4 is 0 Å². The molecular formula is C14H23FN2. The molecule has 1 N–H and O–H groups in total. The lowest BCUT2D eigenvalue weighted by Gasteiger charge is -2.27. The van der Waals surface area contributed by atoms with Crippen LogP contribution in [-0.2, 0) is 6.54 Å². The molecule has 2 nitrogen and oxygen atoms in total. The third-order valence-electron chi connectivity index (χ3n) is 3.03. The maximum atomic E-state index is 12.8. The summed E-state index contributed by atoms with van der Waals surface area (Å²) in [5.41, 5.74) is 1.16. The molecule has 0 heterocycles. The summed E-state index contributed by atoms with van der Waals surface area (Å²) in [5, 5.41) is 3.23. The zero-order valence-electron chi connectivity index (χ0n) is 11.0. The Morgan fingerprint density at radius 2 is 1.94 bits per heavy atom. The first-order valence-electron chi connectivity index (χ1n) is 6.26. The summed E-state index contributed by atoms with van der Waals surface area (Å²) in [4.78, 5) is 2.33. The average molecular weight is 238 g/mol. The zero-order chi connectivity index (χ0) is 12.7. The Labute approximate surface area is 104 Å². The zero-order valence-corrected chi connectivity index (χ0v) is 11.0. The second kappa shape index (κ2) is 7.41. The second-order valence-electron chi connectivity index (χ2n) is 4.54. The molecule has 0 radical (unpaired) electrons. The molecule has 0 aliphatic rings. The molecule has 0 saturated heterocycles. The van der Waals surface area contributed by atoms with Crippen LogP contribution >= 0.6 is 0 Å². The Morgan fingerprint density at radius 3 is 2.47 bits per heavy atom. The topological polar surface area (TPSA) is 15.3 Å². The van der Waals surface area contributed by atoms with Crippen molar-refractivity contribution in [2.75, 3.05) is 20.6 Å². The number of rotatable bonds is 7. The third kappa shape index (κ3) is 4.84. The molecule has 17 heavy (non-hydrogen) atoms. The van der Waals surface area contributed by atoms with E-state index in [1.165, 1.54) is 25.0 Å². The van der Waals surface area contributed by atoms with Gasteiger partial charge in [-0.1, -0.05) is 25.5 Å². The van der Waals surface area contributed by atoms with Crippen LogP contribution in [0.4, 0.5) is 4.39 Å². The van der Waals surface area contributed by atoms with Gasteiger partial charge < -0.3 is 5.32 Å². The van der Waals surface area contributed by atoms with Crippen LogP contribution in [0.25, 0.3) is 0 Å². The minimum Gasteiger partial charge on any atom is -0.318 e. The van der Waals surface area contributed by atoms with Crippen molar-refractivity contribution in [3.05, 3.63) is 35.6 Å². The minimum absolute atomic E-state index is 0.170. The van der Waals surface area contributed by atoms with Gasteiger partial charge in [-0.2, -0.15) is 0 Å². The summed E-state index contributed by atoms with van der Waals surface area (Å²) in [7, 11) is 4.11. The molecule has 0 bridgehead atoms. The summed E-state index contributed by atoms with van der Waals surface area (Å²) in [6.45, 7) is 4.06. The van der Waals surface area contributed by atoms with Gasteiger partial charge in [0.05, 0.1) is 0 Å². The number of nitrogens with one attached hydrogen (secondary N) is 1. The first-order valence-corrected chi connectivity index (χ1v) is 6.26. The van der Waals surface area contributed by atoms with Gasteiger partial charge in [-0.15, -0.1) is 0 Å². The largest absolute Gasteiger partial charge is 0.318 e. The molecule has 0 aliphatic heterocycles. The summed E-state index contributed by atoms with van der Waals surface area (Å²) >= 11 is 0. The van der Waals surface area contributed by atoms with Gasteiger partial charge in [0.25, 0.3) is 0 Å². The molecule has 0 spiro atoms.